The molecule has 0 spiro atoms. The number of allylic oxidation sites excluding steroid dienone is 2. The highest BCUT2D eigenvalue weighted by Gasteiger charge is 2.18. The molecule has 4 nitrogen and oxygen atoms in total. The lowest BCUT2D eigenvalue weighted by atomic mass is 10.1. The van der Waals surface area contributed by atoms with Crippen LogP contribution in [0.3, 0.4) is 0 Å². The molecule has 0 aliphatic carbocycles. The monoisotopic (exact) mass is 468 g/mol. The van der Waals surface area contributed by atoms with Crippen molar-refractivity contribution in [2.45, 2.75) is 11.8 Å². The lowest BCUT2D eigenvalue weighted by Crippen LogP contribution is -1.97. The lowest BCUT2D eigenvalue weighted by Gasteiger charge is -2.13. The molecule has 4 rings (SSSR count). The minimum atomic E-state index is -0.167. The van der Waals surface area contributed by atoms with Crippen molar-refractivity contribution in [3.63, 3.8) is 0 Å². The number of hydrogen-bond donors (Lipinski definition) is 0. The molecular weight excluding hydrogens is 453 g/mol. The maximum atomic E-state index is 9.51. The number of aromatic nitrogens is 1. The summed E-state index contributed by atoms with van der Waals surface area (Å²) in [7, 11) is 0. The SMILES string of the molecule is CCSc1ccc(-n2c(-c3cccs3)ccc2-c2ccc(C(C#N)=C(C#N)C#N)s2)cc1. The fourth-order valence-electron chi connectivity index (χ4n) is 3.36. The highest BCUT2D eigenvalue weighted by atomic mass is 32.2. The van der Waals surface area contributed by atoms with Gasteiger partial charge in [0.25, 0.3) is 0 Å². The van der Waals surface area contributed by atoms with Crippen LogP contribution in [0.1, 0.15) is 11.8 Å². The molecule has 3 heterocycles. The molecule has 0 atom stereocenters. The van der Waals surface area contributed by atoms with Gasteiger partial charge >= 0.3 is 0 Å². The summed E-state index contributed by atoms with van der Waals surface area (Å²) in [6.45, 7) is 2.14. The molecule has 32 heavy (non-hydrogen) atoms. The number of nitriles is 3. The molecular formula is C25H16N4S3. The predicted molar refractivity (Wildman–Crippen MR) is 133 cm³/mol. The van der Waals surface area contributed by atoms with Gasteiger partial charge in [0.1, 0.15) is 23.8 Å². The summed E-state index contributed by atoms with van der Waals surface area (Å²) in [6.07, 6.45) is 0. The van der Waals surface area contributed by atoms with Crippen LogP contribution in [0.15, 0.2) is 76.5 Å². The van der Waals surface area contributed by atoms with Crippen molar-refractivity contribution in [1.29, 1.82) is 15.8 Å². The molecule has 0 amide bonds. The largest absolute Gasteiger partial charge is 0.308 e. The fourth-order valence-corrected chi connectivity index (χ4v) is 5.79. The first kappa shape index (κ1) is 21.7. The van der Waals surface area contributed by atoms with Crippen LogP contribution in [0.25, 0.3) is 32.4 Å². The summed E-state index contributed by atoms with van der Waals surface area (Å²) in [4.78, 5) is 3.96. The van der Waals surface area contributed by atoms with Crippen LogP contribution in [-0.4, -0.2) is 10.3 Å². The quantitative estimate of drug-likeness (QED) is 0.219. The van der Waals surface area contributed by atoms with Gasteiger partial charge in [-0.25, -0.2) is 0 Å². The van der Waals surface area contributed by atoms with Crippen LogP contribution in [0.5, 0.6) is 0 Å². The smallest absolute Gasteiger partial charge is 0.148 e. The summed E-state index contributed by atoms with van der Waals surface area (Å²) >= 11 is 4.89. The van der Waals surface area contributed by atoms with Gasteiger partial charge < -0.3 is 4.57 Å². The summed E-state index contributed by atoms with van der Waals surface area (Å²) in [5.74, 6) is 1.02. The molecule has 3 aromatic heterocycles. The second-order valence-corrected chi connectivity index (χ2v) is 9.96. The third-order valence-corrected chi connectivity index (χ3v) is 7.66. The average Bonchev–Trinajstić information content (AvgIpc) is 3.58. The molecule has 0 radical (unpaired) electrons. The number of benzene rings is 1. The van der Waals surface area contributed by atoms with Gasteiger partial charge in [-0.2, -0.15) is 15.8 Å². The topological polar surface area (TPSA) is 76.3 Å². The molecule has 0 aliphatic rings. The second-order valence-electron chi connectivity index (χ2n) is 6.59. The Kier molecular flexibility index (Phi) is 6.59. The van der Waals surface area contributed by atoms with E-state index >= 15 is 0 Å². The highest BCUT2D eigenvalue weighted by molar-refractivity contribution is 7.99. The van der Waals surface area contributed by atoms with Crippen molar-refractivity contribution in [3.8, 4) is 45.0 Å². The Labute approximate surface area is 198 Å². The Morgan fingerprint density at radius 2 is 1.59 bits per heavy atom. The van der Waals surface area contributed by atoms with Gasteiger partial charge in [-0.05, 0) is 65.7 Å². The molecule has 154 valence electrons. The Morgan fingerprint density at radius 3 is 2.19 bits per heavy atom. The first-order chi connectivity index (χ1) is 15.7. The maximum Gasteiger partial charge on any atom is 0.148 e. The molecule has 0 N–H and O–H groups in total. The number of rotatable bonds is 6. The predicted octanol–water partition coefficient (Wildman–Crippen LogP) is 7.37. The fraction of sp³-hybridized carbons (Fsp3) is 0.0800. The molecule has 0 saturated heterocycles. The Balaban J connectivity index is 1.86. The normalized spacial score (nSPS) is 10.2. The molecule has 0 bridgehead atoms. The van der Waals surface area contributed by atoms with Crippen molar-refractivity contribution >= 4 is 40.0 Å². The van der Waals surface area contributed by atoms with Crippen LogP contribution in [-0.2, 0) is 0 Å². The first-order valence-corrected chi connectivity index (χ1v) is 12.4. The zero-order valence-corrected chi connectivity index (χ0v) is 19.5. The average molecular weight is 469 g/mol. The number of nitrogens with zero attached hydrogens (tertiary/aromatic N) is 4. The first-order valence-electron chi connectivity index (χ1n) is 9.74. The lowest BCUT2D eigenvalue weighted by molar-refractivity contribution is 1.10. The number of thioether (sulfide) groups is 1. The number of thiophene rings is 2. The van der Waals surface area contributed by atoms with E-state index in [1.165, 1.54) is 16.2 Å². The van der Waals surface area contributed by atoms with Gasteiger partial charge in [-0.15, -0.1) is 34.4 Å². The van der Waals surface area contributed by atoms with E-state index in [0.717, 1.165) is 32.6 Å². The van der Waals surface area contributed by atoms with E-state index in [4.69, 9.17) is 0 Å². The standard InChI is InChI=1S/C25H16N4S3/c1-2-30-19-7-5-18(6-8-19)29-21(24-4-3-13-31-24)9-10-22(29)25-12-11-23(32-25)20(16-28)17(14-26)15-27/h3-13H,2H2,1H3. The Morgan fingerprint density at radius 1 is 0.875 bits per heavy atom. The van der Waals surface area contributed by atoms with Crippen molar-refractivity contribution in [1.82, 2.24) is 4.57 Å². The van der Waals surface area contributed by atoms with E-state index < -0.39 is 0 Å². The third kappa shape index (κ3) is 4.13. The van der Waals surface area contributed by atoms with Crippen LogP contribution in [0, 0.1) is 34.0 Å². The summed E-state index contributed by atoms with van der Waals surface area (Å²) in [5.41, 5.74) is 3.08. The molecule has 1 aromatic carbocycles. The van der Waals surface area contributed by atoms with E-state index in [0.29, 0.717) is 4.88 Å². The van der Waals surface area contributed by atoms with Gasteiger partial charge in [0.05, 0.1) is 26.7 Å². The summed E-state index contributed by atoms with van der Waals surface area (Å²) in [6, 6.07) is 26.2. The summed E-state index contributed by atoms with van der Waals surface area (Å²) < 4.78 is 2.22. The van der Waals surface area contributed by atoms with Gasteiger partial charge in [-0.3, -0.25) is 0 Å². The zero-order chi connectivity index (χ0) is 22.5. The highest BCUT2D eigenvalue weighted by Crippen LogP contribution is 2.39. The molecule has 4 aromatic rings. The van der Waals surface area contributed by atoms with E-state index in [1.54, 1.807) is 29.2 Å². The maximum absolute atomic E-state index is 9.51. The second kappa shape index (κ2) is 9.73. The van der Waals surface area contributed by atoms with Crippen molar-refractivity contribution in [2.75, 3.05) is 5.75 Å². The van der Waals surface area contributed by atoms with Gasteiger partial charge in [0.2, 0.25) is 0 Å². The van der Waals surface area contributed by atoms with Crippen LogP contribution >= 0.6 is 34.4 Å². The Bertz CT molecular complexity index is 1380. The molecule has 0 saturated carbocycles. The molecule has 7 heteroatoms. The van der Waals surface area contributed by atoms with Gasteiger partial charge in [-0.1, -0.05) is 13.0 Å². The molecule has 0 aliphatic heterocycles. The minimum Gasteiger partial charge on any atom is -0.308 e. The minimum absolute atomic E-state index is 0.115. The van der Waals surface area contributed by atoms with Crippen LogP contribution < -0.4 is 0 Å². The van der Waals surface area contributed by atoms with Crippen molar-refractivity contribution in [2.24, 2.45) is 0 Å². The summed E-state index contributed by atoms with van der Waals surface area (Å²) in [5, 5.41) is 30.0. The van der Waals surface area contributed by atoms with E-state index in [1.807, 2.05) is 30.3 Å². The molecule has 0 unspecified atom stereocenters. The van der Waals surface area contributed by atoms with Crippen LogP contribution in [0.4, 0.5) is 0 Å². The van der Waals surface area contributed by atoms with Crippen molar-refractivity contribution in [3.05, 3.63) is 76.5 Å². The van der Waals surface area contributed by atoms with Gasteiger partial charge in [0.15, 0.2) is 0 Å². The zero-order valence-electron chi connectivity index (χ0n) is 17.1. The van der Waals surface area contributed by atoms with E-state index in [2.05, 4.69) is 59.3 Å². The molecule has 0 fully saturated rings. The van der Waals surface area contributed by atoms with Crippen LogP contribution in [0.2, 0.25) is 0 Å². The van der Waals surface area contributed by atoms with E-state index in [-0.39, 0.29) is 11.1 Å². The third-order valence-electron chi connectivity index (χ3n) is 4.75. The Hall–Kier alpha value is -3.54. The van der Waals surface area contributed by atoms with Crippen molar-refractivity contribution < 1.29 is 0 Å². The van der Waals surface area contributed by atoms with Gasteiger partial charge in [0, 0.05) is 15.5 Å². The number of hydrogen-bond acceptors (Lipinski definition) is 6. The van der Waals surface area contributed by atoms with E-state index in [9.17, 15) is 15.8 Å².